The SMILES string of the molecule is CNc1ccccc1N=Nc1ccccc1O. The highest BCUT2D eigenvalue weighted by Crippen LogP contribution is 2.29. The molecule has 17 heavy (non-hydrogen) atoms. The van der Waals surface area contributed by atoms with Gasteiger partial charge in [0.15, 0.2) is 0 Å². The summed E-state index contributed by atoms with van der Waals surface area (Å²) in [5.74, 6) is 0.123. The summed E-state index contributed by atoms with van der Waals surface area (Å²) in [5.41, 5.74) is 2.09. The number of azo groups is 1. The number of phenols is 1. The van der Waals surface area contributed by atoms with Gasteiger partial charge in [-0.15, -0.1) is 10.2 Å². The molecule has 2 N–H and O–H groups in total. The van der Waals surface area contributed by atoms with E-state index in [9.17, 15) is 5.11 Å². The summed E-state index contributed by atoms with van der Waals surface area (Å²) in [6.07, 6.45) is 0. The Morgan fingerprint density at radius 3 is 2.18 bits per heavy atom. The smallest absolute Gasteiger partial charge is 0.143 e. The largest absolute Gasteiger partial charge is 0.506 e. The van der Waals surface area contributed by atoms with E-state index < -0.39 is 0 Å². The molecule has 0 spiro atoms. The zero-order valence-corrected chi connectivity index (χ0v) is 9.46. The zero-order chi connectivity index (χ0) is 12.1. The van der Waals surface area contributed by atoms with E-state index in [0.717, 1.165) is 11.4 Å². The molecule has 2 aromatic carbocycles. The van der Waals surface area contributed by atoms with Gasteiger partial charge in [0.1, 0.15) is 17.1 Å². The van der Waals surface area contributed by atoms with Crippen LogP contribution in [0.25, 0.3) is 0 Å². The number of anilines is 1. The van der Waals surface area contributed by atoms with E-state index in [4.69, 9.17) is 0 Å². The second-order valence-corrected chi connectivity index (χ2v) is 3.46. The van der Waals surface area contributed by atoms with Crippen LogP contribution in [0.5, 0.6) is 5.75 Å². The maximum Gasteiger partial charge on any atom is 0.143 e. The van der Waals surface area contributed by atoms with Crippen molar-refractivity contribution in [3.63, 3.8) is 0 Å². The number of aromatic hydroxyl groups is 1. The van der Waals surface area contributed by atoms with Crippen molar-refractivity contribution in [1.82, 2.24) is 0 Å². The van der Waals surface area contributed by atoms with E-state index in [1.54, 1.807) is 24.3 Å². The summed E-state index contributed by atoms with van der Waals surface area (Å²) < 4.78 is 0. The average Bonchev–Trinajstić information content (AvgIpc) is 2.38. The van der Waals surface area contributed by atoms with Crippen molar-refractivity contribution in [2.24, 2.45) is 10.2 Å². The fraction of sp³-hybridized carbons (Fsp3) is 0.0769. The average molecular weight is 227 g/mol. The van der Waals surface area contributed by atoms with Crippen LogP contribution in [-0.4, -0.2) is 12.2 Å². The number of hydrogen-bond donors (Lipinski definition) is 2. The van der Waals surface area contributed by atoms with Gasteiger partial charge in [-0.2, -0.15) is 0 Å². The molecule has 0 saturated heterocycles. The van der Waals surface area contributed by atoms with Gasteiger partial charge in [-0.3, -0.25) is 0 Å². The lowest BCUT2D eigenvalue weighted by molar-refractivity contribution is 0.476. The van der Waals surface area contributed by atoms with Gasteiger partial charge < -0.3 is 10.4 Å². The molecular formula is C13H13N3O. The van der Waals surface area contributed by atoms with Crippen LogP contribution < -0.4 is 5.32 Å². The van der Waals surface area contributed by atoms with Crippen LogP contribution in [0, 0.1) is 0 Å². The Balaban J connectivity index is 2.29. The second-order valence-electron chi connectivity index (χ2n) is 3.46. The van der Waals surface area contributed by atoms with Crippen LogP contribution in [0.15, 0.2) is 58.8 Å². The van der Waals surface area contributed by atoms with Gasteiger partial charge in [0.2, 0.25) is 0 Å². The molecule has 0 atom stereocenters. The molecule has 0 aliphatic carbocycles. The Bertz CT molecular complexity index is 538. The van der Waals surface area contributed by atoms with Gasteiger partial charge in [0, 0.05) is 7.05 Å². The molecule has 0 unspecified atom stereocenters. The van der Waals surface area contributed by atoms with Crippen molar-refractivity contribution < 1.29 is 5.11 Å². The molecular weight excluding hydrogens is 214 g/mol. The van der Waals surface area contributed by atoms with Gasteiger partial charge in [0.05, 0.1) is 5.69 Å². The summed E-state index contributed by atoms with van der Waals surface area (Å²) in [6.45, 7) is 0. The van der Waals surface area contributed by atoms with Crippen LogP contribution in [0.3, 0.4) is 0 Å². The van der Waals surface area contributed by atoms with Crippen molar-refractivity contribution in [2.75, 3.05) is 12.4 Å². The third-order valence-electron chi connectivity index (χ3n) is 2.32. The highest BCUT2D eigenvalue weighted by Gasteiger charge is 1.99. The van der Waals surface area contributed by atoms with E-state index in [1.807, 2.05) is 31.3 Å². The summed E-state index contributed by atoms with van der Waals surface area (Å²) >= 11 is 0. The van der Waals surface area contributed by atoms with Crippen LogP contribution in [0.1, 0.15) is 0 Å². The number of benzene rings is 2. The standard InChI is InChI=1S/C13H13N3O/c1-14-10-6-2-3-7-11(10)15-16-12-8-4-5-9-13(12)17/h2-9,14,17H,1H3. The van der Waals surface area contributed by atoms with E-state index in [1.165, 1.54) is 0 Å². The van der Waals surface area contributed by atoms with Crippen LogP contribution in [-0.2, 0) is 0 Å². The monoisotopic (exact) mass is 227 g/mol. The Kier molecular flexibility index (Phi) is 3.35. The van der Waals surface area contributed by atoms with Crippen LogP contribution in [0.2, 0.25) is 0 Å². The predicted octanol–water partition coefficient (Wildman–Crippen LogP) is 3.85. The Hall–Kier alpha value is -2.36. The maximum atomic E-state index is 9.55. The number of para-hydroxylation sites is 2. The van der Waals surface area contributed by atoms with Gasteiger partial charge >= 0.3 is 0 Å². The number of rotatable bonds is 3. The lowest BCUT2D eigenvalue weighted by atomic mass is 10.3. The van der Waals surface area contributed by atoms with Crippen molar-refractivity contribution in [3.8, 4) is 5.75 Å². The number of nitrogens with one attached hydrogen (secondary N) is 1. The first-order valence-electron chi connectivity index (χ1n) is 5.28. The van der Waals surface area contributed by atoms with Crippen LogP contribution in [0.4, 0.5) is 17.1 Å². The third kappa shape index (κ3) is 2.60. The minimum atomic E-state index is 0.123. The molecule has 0 bridgehead atoms. The van der Waals surface area contributed by atoms with Crippen molar-refractivity contribution >= 4 is 17.1 Å². The Morgan fingerprint density at radius 1 is 0.882 bits per heavy atom. The quantitative estimate of drug-likeness (QED) is 0.782. The minimum absolute atomic E-state index is 0.123. The third-order valence-corrected chi connectivity index (χ3v) is 2.32. The molecule has 0 radical (unpaired) electrons. The second kappa shape index (κ2) is 5.12. The Labute approximate surface area is 99.6 Å². The minimum Gasteiger partial charge on any atom is -0.506 e. The van der Waals surface area contributed by atoms with E-state index in [2.05, 4.69) is 15.5 Å². The molecule has 2 aromatic rings. The lowest BCUT2D eigenvalue weighted by Crippen LogP contribution is -1.86. The molecule has 4 nitrogen and oxygen atoms in total. The first kappa shape index (κ1) is 11.1. The summed E-state index contributed by atoms with van der Waals surface area (Å²) in [7, 11) is 1.83. The molecule has 0 aliphatic heterocycles. The Morgan fingerprint density at radius 2 is 1.47 bits per heavy atom. The molecule has 2 rings (SSSR count). The first-order valence-corrected chi connectivity index (χ1v) is 5.28. The van der Waals surface area contributed by atoms with Crippen molar-refractivity contribution in [1.29, 1.82) is 0 Å². The molecule has 0 aliphatic rings. The van der Waals surface area contributed by atoms with E-state index >= 15 is 0 Å². The highest BCUT2D eigenvalue weighted by molar-refractivity contribution is 5.64. The summed E-state index contributed by atoms with van der Waals surface area (Å²) in [6, 6.07) is 14.4. The van der Waals surface area contributed by atoms with Gasteiger partial charge in [0.25, 0.3) is 0 Å². The molecule has 0 amide bonds. The number of hydrogen-bond acceptors (Lipinski definition) is 4. The summed E-state index contributed by atoms with van der Waals surface area (Å²) in [5, 5.41) is 20.7. The van der Waals surface area contributed by atoms with E-state index in [0.29, 0.717) is 5.69 Å². The molecule has 0 aromatic heterocycles. The van der Waals surface area contributed by atoms with Gasteiger partial charge in [-0.05, 0) is 24.3 Å². The van der Waals surface area contributed by atoms with Crippen molar-refractivity contribution in [2.45, 2.75) is 0 Å². The highest BCUT2D eigenvalue weighted by atomic mass is 16.3. The first-order chi connectivity index (χ1) is 8.31. The summed E-state index contributed by atoms with van der Waals surface area (Å²) in [4.78, 5) is 0. The zero-order valence-electron chi connectivity index (χ0n) is 9.46. The van der Waals surface area contributed by atoms with Gasteiger partial charge in [-0.25, -0.2) is 0 Å². The maximum absolute atomic E-state index is 9.55. The van der Waals surface area contributed by atoms with Crippen LogP contribution >= 0.6 is 0 Å². The van der Waals surface area contributed by atoms with Crippen molar-refractivity contribution in [3.05, 3.63) is 48.5 Å². The molecule has 0 fully saturated rings. The lowest BCUT2D eigenvalue weighted by Gasteiger charge is -2.02. The predicted molar refractivity (Wildman–Crippen MR) is 68.3 cm³/mol. The number of nitrogens with zero attached hydrogens (tertiary/aromatic N) is 2. The normalized spacial score (nSPS) is 10.6. The molecule has 86 valence electrons. The molecule has 0 saturated carbocycles. The fourth-order valence-corrected chi connectivity index (χ4v) is 1.43. The van der Waals surface area contributed by atoms with Gasteiger partial charge in [-0.1, -0.05) is 24.3 Å². The fourth-order valence-electron chi connectivity index (χ4n) is 1.43. The number of phenolic OH excluding ortho intramolecular Hbond substituents is 1. The topological polar surface area (TPSA) is 57.0 Å². The molecule has 4 heteroatoms. The van der Waals surface area contributed by atoms with E-state index in [-0.39, 0.29) is 5.75 Å². The molecule has 0 heterocycles.